The van der Waals surface area contributed by atoms with Crippen molar-refractivity contribution in [2.45, 2.75) is 58.9 Å². The molecule has 1 heterocycles. The van der Waals surface area contributed by atoms with Crippen LogP contribution >= 0.6 is 0 Å². The highest BCUT2D eigenvalue weighted by atomic mass is 15.2. The molecule has 1 aromatic rings. The van der Waals surface area contributed by atoms with Gasteiger partial charge in [-0.1, -0.05) is 32.9 Å². The highest BCUT2D eigenvalue weighted by Gasteiger charge is 2.34. The summed E-state index contributed by atoms with van der Waals surface area (Å²) >= 11 is 0. The summed E-state index contributed by atoms with van der Waals surface area (Å²) in [6.07, 6.45) is 5.96. The van der Waals surface area contributed by atoms with Gasteiger partial charge < -0.3 is 10.6 Å². The van der Waals surface area contributed by atoms with Gasteiger partial charge in [0, 0.05) is 24.8 Å². The number of hydrogen-bond acceptors (Lipinski definition) is 2. The first-order valence-corrected chi connectivity index (χ1v) is 8.22. The Kier molecular flexibility index (Phi) is 5.09. The Morgan fingerprint density at radius 1 is 1.15 bits per heavy atom. The van der Waals surface area contributed by atoms with Gasteiger partial charge in [-0.3, -0.25) is 0 Å². The molecule has 1 aliphatic rings. The Labute approximate surface area is 124 Å². The summed E-state index contributed by atoms with van der Waals surface area (Å²) in [6.45, 7) is 9.24. The maximum absolute atomic E-state index is 6.03. The molecule has 1 fully saturated rings. The summed E-state index contributed by atoms with van der Waals surface area (Å²) in [5.74, 6) is 0. The average molecular weight is 274 g/mol. The molecule has 0 saturated carbocycles. The fraction of sp³-hybridized carbons (Fsp3) is 0.667. The highest BCUT2D eigenvalue weighted by Crippen LogP contribution is 2.38. The minimum Gasteiger partial charge on any atom is -0.371 e. The van der Waals surface area contributed by atoms with E-state index in [9.17, 15) is 0 Å². The monoisotopic (exact) mass is 274 g/mol. The molecular formula is C18H30N2. The molecule has 0 spiro atoms. The molecule has 0 aliphatic carbocycles. The molecule has 1 saturated heterocycles. The van der Waals surface area contributed by atoms with E-state index in [0.29, 0.717) is 11.5 Å². The van der Waals surface area contributed by atoms with Crippen LogP contribution in [0.15, 0.2) is 24.3 Å². The predicted molar refractivity (Wildman–Crippen MR) is 88.3 cm³/mol. The van der Waals surface area contributed by atoms with Gasteiger partial charge in [-0.15, -0.1) is 0 Å². The Hall–Kier alpha value is -1.02. The number of rotatable bonds is 6. The van der Waals surface area contributed by atoms with E-state index in [-0.39, 0.29) is 0 Å². The zero-order chi connectivity index (χ0) is 14.6. The van der Waals surface area contributed by atoms with Crippen LogP contribution in [0.1, 0.15) is 52.0 Å². The standard InChI is InChI=1S/C18H30N2/c1-4-16(19)13-15-7-9-17(10-8-15)20-12-11-18(5-2,6-3)14-20/h7-10,16H,4-6,11-14,19H2,1-3H3. The largest absolute Gasteiger partial charge is 0.371 e. The molecule has 1 aliphatic heterocycles. The topological polar surface area (TPSA) is 29.3 Å². The Morgan fingerprint density at radius 3 is 2.30 bits per heavy atom. The average Bonchev–Trinajstić information content (AvgIpc) is 2.93. The van der Waals surface area contributed by atoms with Crippen LogP contribution in [0.3, 0.4) is 0 Å². The van der Waals surface area contributed by atoms with Crippen LogP contribution in [0.25, 0.3) is 0 Å². The van der Waals surface area contributed by atoms with Gasteiger partial charge in [0.1, 0.15) is 0 Å². The van der Waals surface area contributed by atoms with Gasteiger partial charge in [0.2, 0.25) is 0 Å². The van der Waals surface area contributed by atoms with Gasteiger partial charge >= 0.3 is 0 Å². The molecule has 1 atom stereocenters. The van der Waals surface area contributed by atoms with Gasteiger partial charge in [-0.25, -0.2) is 0 Å². The second-order valence-electron chi connectivity index (χ2n) is 6.42. The minimum absolute atomic E-state index is 0.292. The van der Waals surface area contributed by atoms with Crippen molar-refractivity contribution in [2.24, 2.45) is 11.1 Å². The molecule has 0 bridgehead atoms. The van der Waals surface area contributed by atoms with Crippen LogP contribution in [0.2, 0.25) is 0 Å². The van der Waals surface area contributed by atoms with Crippen molar-refractivity contribution in [3.63, 3.8) is 0 Å². The first-order valence-electron chi connectivity index (χ1n) is 8.22. The lowest BCUT2D eigenvalue weighted by Crippen LogP contribution is -2.26. The lowest BCUT2D eigenvalue weighted by atomic mass is 9.82. The lowest BCUT2D eigenvalue weighted by Gasteiger charge is -2.27. The minimum atomic E-state index is 0.292. The van der Waals surface area contributed by atoms with E-state index < -0.39 is 0 Å². The SMILES string of the molecule is CCC(N)Cc1ccc(N2CCC(CC)(CC)C2)cc1. The summed E-state index contributed by atoms with van der Waals surface area (Å²) in [7, 11) is 0. The Balaban J connectivity index is 2.01. The van der Waals surface area contributed by atoms with Gasteiger partial charge in [-0.05, 0) is 55.2 Å². The van der Waals surface area contributed by atoms with Gasteiger partial charge in [0.15, 0.2) is 0 Å². The van der Waals surface area contributed by atoms with Crippen molar-refractivity contribution in [2.75, 3.05) is 18.0 Å². The van der Waals surface area contributed by atoms with Crippen molar-refractivity contribution in [3.8, 4) is 0 Å². The molecule has 1 aromatic carbocycles. The molecule has 0 amide bonds. The first kappa shape index (κ1) is 15.4. The van der Waals surface area contributed by atoms with Gasteiger partial charge in [-0.2, -0.15) is 0 Å². The quantitative estimate of drug-likeness (QED) is 0.850. The van der Waals surface area contributed by atoms with Crippen molar-refractivity contribution >= 4 is 5.69 Å². The molecule has 20 heavy (non-hydrogen) atoms. The summed E-state index contributed by atoms with van der Waals surface area (Å²) < 4.78 is 0. The summed E-state index contributed by atoms with van der Waals surface area (Å²) in [4.78, 5) is 2.55. The first-order chi connectivity index (χ1) is 9.62. The Morgan fingerprint density at radius 2 is 1.80 bits per heavy atom. The number of anilines is 1. The van der Waals surface area contributed by atoms with E-state index in [1.807, 2.05) is 0 Å². The fourth-order valence-electron chi connectivity index (χ4n) is 3.27. The lowest BCUT2D eigenvalue weighted by molar-refractivity contribution is 0.301. The molecule has 1 unspecified atom stereocenters. The van der Waals surface area contributed by atoms with Crippen LogP contribution in [0.4, 0.5) is 5.69 Å². The van der Waals surface area contributed by atoms with Crippen molar-refractivity contribution < 1.29 is 0 Å². The second kappa shape index (κ2) is 6.62. The molecular weight excluding hydrogens is 244 g/mol. The maximum Gasteiger partial charge on any atom is 0.0366 e. The van der Waals surface area contributed by atoms with Crippen LogP contribution in [0, 0.1) is 5.41 Å². The van der Waals surface area contributed by atoms with Gasteiger partial charge in [0.25, 0.3) is 0 Å². The van der Waals surface area contributed by atoms with E-state index >= 15 is 0 Å². The fourth-order valence-corrected chi connectivity index (χ4v) is 3.27. The van der Waals surface area contributed by atoms with Crippen LogP contribution in [0.5, 0.6) is 0 Å². The number of nitrogens with two attached hydrogens (primary N) is 1. The third-order valence-electron chi connectivity index (χ3n) is 5.26. The van der Waals surface area contributed by atoms with Crippen molar-refractivity contribution in [3.05, 3.63) is 29.8 Å². The Bertz CT molecular complexity index is 406. The third kappa shape index (κ3) is 3.35. The molecule has 0 aromatic heterocycles. The van der Waals surface area contributed by atoms with Crippen LogP contribution in [-0.4, -0.2) is 19.1 Å². The molecule has 2 nitrogen and oxygen atoms in total. The normalized spacial score (nSPS) is 19.3. The zero-order valence-corrected chi connectivity index (χ0v) is 13.4. The van der Waals surface area contributed by atoms with E-state index in [0.717, 1.165) is 12.8 Å². The molecule has 0 radical (unpaired) electrons. The van der Waals surface area contributed by atoms with Crippen molar-refractivity contribution in [1.82, 2.24) is 0 Å². The van der Waals surface area contributed by atoms with E-state index in [2.05, 4.69) is 49.9 Å². The van der Waals surface area contributed by atoms with E-state index in [1.165, 1.54) is 43.6 Å². The summed E-state index contributed by atoms with van der Waals surface area (Å²) in [6, 6.07) is 9.35. The van der Waals surface area contributed by atoms with Crippen molar-refractivity contribution in [1.29, 1.82) is 0 Å². The van der Waals surface area contributed by atoms with Gasteiger partial charge in [0.05, 0.1) is 0 Å². The smallest absolute Gasteiger partial charge is 0.0366 e. The zero-order valence-electron chi connectivity index (χ0n) is 13.4. The molecule has 112 valence electrons. The number of nitrogens with zero attached hydrogens (tertiary/aromatic N) is 1. The van der Waals surface area contributed by atoms with Crippen LogP contribution < -0.4 is 10.6 Å². The van der Waals surface area contributed by atoms with E-state index in [4.69, 9.17) is 5.73 Å². The van der Waals surface area contributed by atoms with Crippen LogP contribution in [-0.2, 0) is 6.42 Å². The number of benzene rings is 1. The third-order valence-corrected chi connectivity index (χ3v) is 5.26. The molecule has 2 N–H and O–H groups in total. The molecule has 2 rings (SSSR count). The number of hydrogen-bond donors (Lipinski definition) is 1. The second-order valence-corrected chi connectivity index (χ2v) is 6.42. The maximum atomic E-state index is 6.03. The summed E-state index contributed by atoms with van der Waals surface area (Å²) in [5, 5.41) is 0. The highest BCUT2D eigenvalue weighted by molar-refractivity contribution is 5.49. The summed E-state index contributed by atoms with van der Waals surface area (Å²) in [5.41, 5.74) is 9.31. The predicted octanol–water partition coefficient (Wildman–Crippen LogP) is 3.98. The molecule has 2 heteroatoms. The van der Waals surface area contributed by atoms with E-state index in [1.54, 1.807) is 0 Å².